The van der Waals surface area contributed by atoms with Crippen molar-refractivity contribution in [1.29, 1.82) is 0 Å². The molecule has 3 aliphatic rings. The summed E-state index contributed by atoms with van der Waals surface area (Å²) in [4.78, 5) is 23.9. The van der Waals surface area contributed by atoms with Gasteiger partial charge >= 0.3 is 0 Å². The highest BCUT2D eigenvalue weighted by molar-refractivity contribution is 5.79. The molecule has 3 unspecified atom stereocenters. The Labute approximate surface area is 139 Å². The molecule has 0 spiro atoms. The smallest absolute Gasteiger partial charge is 0.220 e. The SMILES string of the molecule is NC(=O)CC(NC(=O)CC1CC2CCC(C1)N2)C1CCCCC1. The van der Waals surface area contributed by atoms with Gasteiger partial charge in [0.15, 0.2) is 0 Å². The van der Waals surface area contributed by atoms with Gasteiger partial charge in [-0.25, -0.2) is 0 Å². The highest BCUT2D eigenvalue weighted by Gasteiger charge is 2.35. The molecule has 4 N–H and O–H groups in total. The third-order valence-corrected chi connectivity index (χ3v) is 6.03. The summed E-state index contributed by atoms with van der Waals surface area (Å²) < 4.78 is 0. The highest BCUT2D eigenvalue weighted by atomic mass is 16.2. The van der Waals surface area contributed by atoms with E-state index in [1.807, 2.05) is 0 Å². The van der Waals surface area contributed by atoms with Gasteiger partial charge in [-0.3, -0.25) is 9.59 Å². The number of hydrogen-bond acceptors (Lipinski definition) is 3. The lowest BCUT2D eigenvalue weighted by atomic mass is 9.82. The van der Waals surface area contributed by atoms with Gasteiger partial charge in [-0.1, -0.05) is 19.3 Å². The molecule has 1 saturated carbocycles. The molecular weight excluding hydrogens is 290 g/mol. The molecule has 3 fully saturated rings. The first-order chi connectivity index (χ1) is 11.1. The lowest BCUT2D eigenvalue weighted by molar-refractivity contribution is -0.124. The molecule has 3 atom stereocenters. The number of fused-ring (bicyclic) bond motifs is 2. The minimum Gasteiger partial charge on any atom is -0.370 e. The maximum atomic E-state index is 12.5. The summed E-state index contributed by atoms with van der Waals surface area (Å²) in [5.74, 6) is 0.729. The Balaban J connectivity index is 1.51. The van der Waals surface area contributed by atoms with E-state index < -0.39 is 0 Å². The van der Waals surface area contributed by atoms with Gasteiger partial charge in [0.2, 0.25) is 11.8 Å². The summed E-state index contributed by atoms with van der Waals surface area (Å²) in [5, 5.41) is 6.77. The summed E-state index contributed by atoms with van der Waals surface area (Å²) in [5.41, 5.74) is 5.41. The maximum absolute atomic E-state index is 12.5. The maximum Gasteiger partial charge on any atom is 0.220 e. The third-order valence-electron chi connectivity index (χ3n) is 6.03. The quantitative estimate of drug-likeness (QED) is 0.698. The van der Waals surface area contributed by atoms with Crippen LogP contribution in [0.15, 0.2) is 0 Å². The first-order valence-electron chi connectivity index (χ1n) is 9.44. The van der Waals surface area contributed by atoms with Crippen LogP contribution in [0.2, 0.25) is 0 Å². The van der Waals surface area contributed by atoms with Crippen molar-refractivity contribution in [3.8, 4) is 0 Å². The second-order valence-electron chi connectivity index (χ2n) is 7.92. The zero-order valence-electron chi connectivity index (χ0n) is 14.1. The van der Waals surface area contributed by atoms with Gasteiger partial charge in [-0.05, 0) is 50.4 Å². The number of primary amides is 1. The molecule has 0 aromatic carbocycles. The summed E-state index contributed by atoms with van der Waals surface area (Å²) in [6, 6.07) is 1.18. The van der Waals surface area contributed by atoms with Gasteiger partial charge in [0.1, 0.15) is 0 Å². The van der Waals surface area contributed by atoms with E-state index >= 15 is 0 Å². The Kier molecular flexibility index (Phi) is 5.57. The van der Waals surface area contributed by atoms with Gasteiger partial charge in [-0.2, -0.15) is 0 Å². The van der Waals surface area contributed by atoms with E-state index in [1.54, 1.807) is 0 Å². The molecule has 5 nitrogen and oxygen atoms in total. The van der Waals surface area contributed by atoms with Crippen molar-refractivity contribution in [3.05, 3.63) is 0 Å². The summed E-state index contributed by atoms with van der Waals surface area (Å²) >= 11 is 0. The Morgan fingerprint density at radius 2 is 1.70 bits per heavy atom. The van der Waals surface area contributed by atoms with Crippen molar-refractivity contribution >= 4 is 11.8 Å². The van der Waals surface area contributed by atoms with Crippen molar-refractivity contribution < 1.29 is 9.59 Å². The fourth-order valence-corrected chi connectivity index (χ4v) is 4.96. The molecule has 0 aromatic rings. The highest BCUT2D eigenvalue weighted by Crippen LogP contribution is 2.33. The number of nitrogens with one attached hydrogen (secondary N) is 2. The van der Waals surface area contributed by atoms with Crippen LogP contribution in [0.5, 0.6) is 0 Å². The molecule has 0 radical (unpaired) electrons. The Morgan fingerprint density at radius 3 is 2.30 bits per heavy atom. The topological polar surface area (TPSA) is 84.2 Å². The van der Waals surface area contributed by atoms with Gasteiger partial charge in [0.05, 0.1) is 0 Å². The predicted molar refractivity (Wildman–Crippen MR) is 89.6 cm³/mol. The Morgan fingerprint density at radius 1 is 1.04 bits per heavy atom. The second kappa shape index (κ2) is 7.65. The summed E-state index contributed by atoms with van der Waals surface area (Å²) in [6.45, 7) is 0. The summed E-state index contributed by atoms with van der Waals surface area (Å²) in [7, 11) is 0. The minimum atomic E-state index is -0.305. The Bertz CT molecular complexity index is 422. The van der Waals surface area contributed by atoms with E-state index in [2.05, 4.69) is 10.6 Å². The zero-order valence-corrected chi connectivity index (χ0v) is 14.1. The van der Waals surface area contributed by atoms with Crippen LogP contribution in [0.25, 0.3) is 0 Å². The van der Waals surface area contributed by atoms with Crippen molar-refractivity contribution in [2.24, 2.45) is 17.6 Å². The molecule has 2 saturated heterocycles. The normalized spacial score (nSPS) is 32.4. The number of carbonyl (C=O) groups is 2. The number of piperidine rings is 1. The van der Waals surface area contributed by atoms with Gasteiger partial charge < -0.3 is 16.4 Å². The number of amides is 2. The van der Waals surface area contributed by atoms with Crippen molar-refractivity contribution in [2.75, 3.05) is 0 Å². The lowest BCUT2D eigenvalue weighted by Gasteiger charge is -2.32. The third kappa shape index (κ3) is 4.69. The van der Waals surface area contributed by atoms with Crippen LogP contribution in [0.3, 0.4) is 0 Å². The number of carbonyl (C=O) groups excluding carboxylic acids is 2. The first kappa shape index (κ1) is 16.7. The van der Waals surface area contributed by atoms with Crippen LogP contribution in [-0.4, -0.2) is 29.9 Å². The van der Waals surface area contributed by atoms with E-state index in [4.69, 9.17) is 5.73 Å². The Hall–Kier alpha value is -1.10. The van der Waals surface area contributed by atoms with Crippen LogP contribution < -0.4 is 16.4 Å². The number of nitrogens with two attached hydrogens (primary N) is 1. The molecule has 0 aromatic heterocycles. The van der Waals surface area contributed by atoms with Crippen LogP contribution >= 0.6 is 0 Å². The van der Waals surface area contributed by atoms with Crippen molar-refractivity contribution in [2.45, 2.75) is 88.8 Å². The van der Waals surface area contributed by atoms with Crippen molar-refractivity contribution in [3.63, 3.8) is 0 Å². The standard InChI is InChI=1S/C18H31N3O2/c19-17(22)11-16(13-4-2-1-3-5-13)21-18(23)10-12-8-14-6-7-15(9-12)20-14/h12-16,20H,1-11H2,(H2,19,22)(H,21,23). The van der Waals surface area contributed by atoms with Crippen LogP contribution in [-0.2, 0) is 9.59 Å². The van der Waals surface area contributed by atoms with E-state index in [-0.39, 0.29) is 24.3 Å². The van der Waals surface area contributed by atoms with E-state index in [9.17, 15) is 9.59 Å². The lowest BCUT2D eigenvalue weighted by Crippen LogP contribution is -2.45. The number of rotatable bonds is 6. The molecule has 23 heavy (non-hydrogen) atoms. The zero-order chi connectivity index (χ0) is 16.2. The molecule has 2 aliphatic heterocycles. The van der Waals surface area contributed by atoms with E-state index in [1.165, 1.54) is 32.1 Å². The van der Waals surface area contributed by atoms with E-state index in [0.717, 1.165) is 25.7 Å². The van der Waals surface area contributed by atoms with Gasteiger partial charge in [0.25, 0.3) is 0 Å². The molecule has 2 amide bonds. The monoisotopic (exact) mass is 321 g/mol. The van der Waals surface area contributed by atoms with Crippen LogP contribution in [0, 0.1) is 11.8 Å². The van der Waals surface area contributed by atoms with E-state index in [0.29, 0.717) is 30.3 Å². The first-order valence-corrected chi connectivity index (χ1v) is 9.44. The second-order valence-corrected chi connectivity index (χ2v) is 7.92. The minimum absolute atomic E-state index is 0.0567. The molecule has 2 heterocycles. The molecule has 2 bridgehead atoms. The molecule has 1 aliphatic carbocycles. The molecular formula is C18H31N3O2. The fraction of sp³-hybridized carbons (Fsp3) is 0.889. The molecule has 5 heteroatoms. The average Bonchev–Trinajstić information content (AvgIpc) is 2.86. The van der Waals surface area contributed by atoms with Gasteiger partial charge in [-0.15, -0.1) is 0 Å². The molecule has 3 rings (SSSR count). The fourth-order valence-electron chi connectivity index (χ4n) is 4.96. The largest absolute Gasteiger partial charge is 0.370 e. The van der Waals surface area contributed by atoms with Crippen LogP contribution in [0.4, 0.5) is 0 Å². The molecule has 130 valence electrons. The summed E-state index contributed by atoms with van der Waals surface area (Å²) in [6.07, 6.45) is 11.5. The predicted octanol–water partition coefficient (Wildman–Crippen LogP) is 1.85. The van der Waals surface area contributed by atoms with Gasteiger partial charge in [0, 0.05) is 31.0 Å². The average molecular weight is 321 g/mol. The number of hydrogen-bond donors (Lipinski definition) is 3. The van der Waals surface area contributed by atoms with Crippen LogP contribution in [0.1, 0.15) is 70.6 Å². The van der Waals surface area contributed by atoms with Crippen molar-refractivity contribution in [1.82, 2.24) is 10.6 Å².